The highest BCUT2D eigenvalue weighted by Gasteiger charge is 2.41. The Bertz CT molecular complexity index is 1060. The molecule has 1 fully saturated rings. The molecule has 1 aliphatic rings. The van der Waals surface area contributed by atoms with Crippen LogP contribution in [0.3, 0.4) is 0 Å². The van der Waals surface area contributed by atoms with Crippen molar-refractivity contribution < 1.29 is 14.3 Å². The molecule has 1 aromatic heterocycles. The lowest BCUT2D eigenvalue weighted by Crippen LogP contribution is -2.41. The molecule has 0 aliphatic heterocycles. The number of benzene rings is 2. The molecule has 0 radical (unpaired) electrons. The van der Waals surface area contributed by atoms with Gasteiger partial charge in [0.25, 0.3) is 0 Å². The smallest absolute Gasteiger partial charge is 0.338 e. The number of nitrogens with one attached hydrogen (secondary N) is 1. The third kappa shape index (κ3) is 4.30. The Morgan fingerprint density at radius 3 is 2.56 bits per heavy atom. The van der Waals surface area contributed by atoms with E-state index < -0.39 is 5.54 Å². The predicted molar refractivity (Wildman–Crippen MR) is 121 cm³/mol. The summed E-state index contributed by atoms with van der Waals surface area (Å²) >= 11 is 0. The van der Waals surface area contributed by atoms with E-state index in [1.807, 2.05) is 36.4 Å². The van der Waals surface area contributed by atoms with Crippen molar-refractivity contribution in [2.75, 3.05) is 19.0 Å². The number of rotatable bonds is 7. The lowest BCUT2D eigenvalue weighted by molar-refractivity contribution is 0.0526. The molecular weight excluding hydrogens is 406 g/mol. The van der Waals surface area contributed by atoms with Gasteiger partial charge in [0.05, 0.1) is 36.2 Å². The van der Waals surface area contributed by atoms with Crippen molar-refractivity contribution in [2.24, 2.45) is 5.92 Å². The second-order valence-corrected chi connectivity index (χ2v) is 8.27. The predicted octanol–water partition coefficient (Wildman–Crippen LogP) is 4.37. The maximum Gasteiger partial charge on any atom is 0.338 e. The van der Waals surface area contributed by atoms with Gasteiger partial charge in [0.15, 0.2) is 5.82 Å². The number of ether oxygens (including phenoxy) is 2. The van der Waals surface area contributed by atoms with E-state index in [1.165, 1.54) is 0 Å². The Kier molecular flexibility index (Phi) is 6.39. The van der Waals surface area contributed by atoms with Crippen LogP contribution in [-0.2, 0) is 10.3 Å². The summed E-state index contributed by atoms with van der Waals surface area (Å²) in [6.45, 7) is 4.41. The number of anilines is 1. The topological polar surface area (TPSA) is 91.2 Å². The Morgan fingerprint density at radius 1 is 1.16 bits per heavy atom. The largest absolute Gasteiger partial charge is 0.495 e. The molecule has 1 N–H and O–H groups in total. The average Bonchev–Trinajstić information content (AvgIpc) is 3.32. The van der Waals surface area contributed by atoms with Crippen LogP contribution < -0.4 is 10.1 Å². The number of carbonyl (C=O) groups excluding carboxylic acids is 1. The van der Waals surface area contributed by atoms with Crippen LogP contribution in [0.2, 0.25) is 0 Å². The van der Waals surface area contributed by atoms with Crippen molar-refractivity contribution in [2.45, 2.75) is 45.1 Å². The number of aromatic nitrogens is 4. The van der Waals surface area contributed by atoms with Crippen molar-refractivity contribution in [1.29, 1.82) is 0 Å². The minimum absolute atomic E-state index is 0.341. The molecule has 3 aromatic rings. The molecule has 1 heterocycles. The summed E-state index contributed by atoms with van der Waals surface area (Å²) in [5.41, 5.74) is 1.76. The van der Waals surface area contributed by atoms with Crippen LogP contribution in [0.1, 0.15) is 55.7 Å². The van der Waals surface area contributed by atoms with E-state index in [2.05, 4.69) is 27.8 Å². The molecule has 0 amide bonds. The first-order chi connectivity index (χ1) is 15.6. The fourth-order valence-corrected chi connectivity index (χ4v) is 4.28. The van der Waals surface area contributed by atoms with Gasteiger partial charge in [-0.05, 0) is 85.3 Å². The first-order valence-electron chi connectivity index (χ1n) is 11.0. The molecule has 168 valence electrons. The van der Waals surface area contributed by atoms with Gasteiger partial charge in [-0.15, -0.1) is 5.10 Å². The molecule has 32 heavy (non-hydrogen) atoms. The van der Waals surface area contributed by atoms with E-state index in [-0.39, 0.29) is 5.97 Å². The van der Waals surface area contributed by atoms with Gasteiger partial charge >= 0.3 is 5.97 Å². The van der Waals surface area contributed by atoms with Crippen molar-refractivity contribution in [3.63, 3.8) is 0 Å². The summed E-state index contributed by atoms with van der Waals surface area (Å²) in [6.07, 6.45) is 3.93. The average molecular weight is 436 g/mol. The molecule has 0 atom stereocenters. The molecule has 0 spiro atoms. The highest BCUT2D eigenvalue weighted by atomic mass is 16.5. The summed E-state index contributed by atoms with van der Waals surface area (Å²) in [6, 6.07) is 15.1. The van der Waals surface area contributed by atoms with Crippen LogP contribution in [0.5, 0.6) is 5.75 Å². The minimum Gasteiger partial charge on any atom is -0.495 e. The van der Waals surface area contributed by atoms with Crippen molar-refractivity contribution >= 4 is 11.7 Å². The van der Waals surface area contributed by atoms with Crippen molar-refractivity contribution in [1.82, 2.24) is 20.2 Å². The summed E-state index contributed by atoms with van der Waals surface area (Å²) in [4.78, 5) is 12.0. The van der Waals surface area contributed by atoms with Crippen LogP contribution in [0.25, 0.3) is 5.69 Å². The molecule has 1 aliphatic carbocycles. The van der Waals surface area contributed by atoms with E-state index in [4.69, 9.17) is 9.47 Å². The molecule has 0 unspecified atom stereocenters. The Balaban J connectivity index is 1.71. The lowest BCUT2D eigenvalue weighted by atomic mass is 9.76. The Labute approximate surface area is 187 Å². The van der Waals surface area contributed by atoms with Gasteiger partial charge in [-0.25, -0.2) is 4.79 Å². The quantitative estimate of drug-likeness (QED) is 0.551. The van der Waals surface area contributed by atoms with Gasteiger partial charge in [-0.3, -0.25) is 0 Å². The number of hydrogen-bond donors (Lipinski definition) is 1. The van der Waals surface area contributed by atoms with E-state index in [1.54, 1.807) is 30.8 Å². The van der Waals surface area contributed by atoms with Gasteiger partial charge in [-0.1, -0.05) is 19.1 Å². The van der Waals surface area contributed by atoms with E-state index >= 15 is 0 Å². The zero-order valence-corrected chi connectivity index (χ0v) is 18.7. The number of hydrogen-bond acceptors (Lipinski definition) is 7. The van der Waals surface area contributed by atoms with Crippen LogP contribution in [-0.4, -0.2) is 39.9 Å². The van der Waals surface area contributed by atoms with Gasteiger partial charge in [-0.2, -0.15) is 4.68 Å². The summed E-state index contributed by atoms with van der Waals surface area (Å²) in [5.74, 6) is 1.84. The van der Waals surface area contributed by atoms with Crippen LogP contribution in [0, 0.1) is 5.92 Å². The first kappa shape index (κ1) is 21.8. The van der Waals surface area contributed by atoms with E-state index in [0.717, 1.165) is 48.6 Å². The maximum absolute atomic E-state index is 12.0. The van der Waals surface area contributed by atoms with Crippen molar-refractivity contribution in [3.05, 3.63) is 59.9 Å². The molecule has 8 heteroatoms. The van der Waals surface area contributed by atoms with Gasteiger partial charge in [0, 0.05) is 0 Å². The number of nitrogens with zero attached hydrogens (tertiary/aromatic N) is 4. The number of carbonyl (C=O) groups is 1. The number of para-hydroxylation sites is 2. The second-order valence-electron chi connectivity index (χ2n) is 8.27. The fraction of sp³-hybridized carbons (Fsp3) is 0.417. The third-order valence-electron chi connectivity index (χ3n) is 6.13. The molecule has 1 saturated carbocycles. The monoisotopic (exact) mass is 435 g/mol. The third-order valence-corrected chi connectivity index (χ3v) is 6.13. The molecule has 0 bridgehead atoms. The zero-order valence-electron chi connectivity index (χ0n) is 18.7. The highest BCUT2D eigenvalue weighted by Crippen LogP contribution is 2.43. The molecule has 2 aromatic carbocycles. The zero-order chi connectivity index (χ0) is 22.6. The van der Waals surface area contributed by atoms with Crippen LogP contribution >= 0.6 is 0 Å². The first-order valence-corrected chi connectivity index (χ1v) is 11.0. The number of tetrazole rings is 1. The Morgan fingerprint density at radius 2 is 1.88 bits per heavy atom. The molecule has 4 rings (SSSR count). The Hall–Kier alpha value is -3.42. The molecule has 0 saturated heterocycles. The highest BCUT2D eigenvalue weighted by molar-refractivity contribution is 5.89. The molecular formula is C24H29N5O3. The van der Waals surface area contributed by atoms with Crippen LogP contribution in [0.15, 0.2) is 48.5 Å². The number of esters is 1. The fourth-order valence-electron chi connectivity index (χ4n) is 4.28. The standard InChI is InChI=1S/C24H29N5O3/c1-4-32-22(30)18-9-11-19(12-10-18)29-23(26-27-28-29)24(15-13-17(2)14-16-24)25-20-7-5-6-8-21(20)31-3/h5-12,17,25H,4,13-16H2,1-3H3. The number of methoxy groups -OCH3 is 1. The summed E-state index contributed by atoms with van der Waals surface area (Å²) < 4.78 is 12.4. The van der Waals surface area contributed by atoms with Crippen molar-refractivity contribution in [3.8, 4) is 11.4 Å². The maximum atomic E-state index is 12.0. The normalized spacial score (nSPS) is 20.5. The second kappa shape index (κ2) is 9.38. The van der Waals surface area contributed by atoms with Crippen LogP contribution in [0.4, 0.5) is 5.69 Å². The lowest BCUT2D eigenvalue weighted by Gasteiger charge is -2.40. The summed E-state index contributed by atoms with van der Waals surface area (Å²) in [5, 5.41) is 16.5. The van der Waals surface area contributed by atoms with Gasteiger partial charge < -0.3 is 14.8 Å². The summed E-state index contributed by atoms with van der Waals surface area (Å²) in [7, 11) is 1.67. The van der Waals surface area contributed by atoms with Gasteiger partial charge in [0.1, 0.15) is 5.75 Å². The van der Waals surface area contributed by atoms with E-state index in [0.29, 0.717) is 18.1 Å². The SMILES string of the molecule is CCOC(=O)c1ccc(-n2nnnc2C2(Nc3ccccc3OC)CCC(C)CC2)cc1. The van der Waals surface area contributed by atoms with E-state index in [9.17, 15) is 4.79 Å². The molecule has 8 nitrogen and oxygen atoms in total. The van der Waals surface area contributed by atoms with Gasteiger partial charge in [0.2, 0.25) is 0 Å². The minimum atomic E-state index is -0.440.